The fourth-order valence-electron chi connectivity index (χ4n) is 3.87. The number of hydrogen-bond donors (Lipinski definition) is 0. The Balaban J connectivity index is 1.69. The van der Waals surface area contributed by atoms with Gasteiger partial charge in [-0.25, -0.2) is 9.78 Å². The molecule has 4 rings (SSSR count). The number of rotatable bonds is 5. The minimum Gasteiger partial charge on any atom is -0.380 e. The number of imidazole rings is 1. The molecule has 2 aromatic heterocycles. The highest BCUT2D eigenvalue weighted by Gasteiger charge is 2.40. The average molecular weight is 332 g/mol. The van der Waals surface area contributed by atoms with Gasteiger partial charge in [0.2, 0.25) is 0 Å². The lowest BCUT2D eigenvalue weighted by Gasteiger charge is -2.43. The molecule has 3 heterocycles. The molecule has 0 unspecified atom stereocenters. The zero-order valence-corrected chi connectivity index (χ0v) is 14.3. The van der Waals surface area contributed by atoms with Gasteiger partial charge in [-0.3, -0.25) is 13.9 Å². The number of nitrogens with zero attached hydrogens (tertiary/aromatic N) is 4. The molecule has 0 radical (unpaired) electrons. The van der Waals surface area contributed by atoms with Gasteiger partial charge in [-0.05, 0) is 18.8 Å². The molecule has 130 valence electrons. The maximum absolute atomic E-state index is 12.9. The predicted octanol–water partition coefficient (Wildman–Crippen LogP) is 1.03. The number of aromatic nitrogens is 4. The van der Waals surface area contributed by atoms with Gasteiger partial charge in [0, 0.05) is 26.1 Å². The third-order valence-electron chi connectivity index (χ3n) is 5.82. The molecule has 1 saturated heterocycles. The molecular weight excluding hydrogens is 308 g/mol. The summed E-state index contributed by atoms with van der Waals surface area (Å²) in [7, 11) is 3.45. The minimum absolute atomic E-state index is 0.0716. The van der Waals surface area contributed by atoms with E-state index in [2.05, 4.69) is 4.98 Å². The van der Waals surface area contributed by atoms with Crippen LogP contribution in [0.2, 0.25) is 0 Å². The van der Waals surface area contributed by atoms with E-state index in [-0.39, 0.29) is 16.7 Å². The Hall–Kier alpha value is -1.89. The van der Waals surface area contributed by atoms with Crippen LogP contribution in [0.1, 0.15) is 32.1 Å². The topological polar surface area (TPSA) is 71.1 Å². The largest absolute Gasteiger partial charge is 0.380 e. The van der Waals surface area contributed by atoms with Crippen LogP contribution in [0.4, 0.5) is 0 Å². The van der Waals surface area contributed by atoms with Crippen molar-refractivity contribution in [1.82, 2.24) is 18.7 Å². The second kappa shape index (κ2) is 5.58. The maximum atomic E-state index is 12.9. The van der Waals surface area contributed by atoms with Crippen molar-refractivity contribution in [2.75, 3.05) is 13.2 Å². The van der Waals surface area contributed by atoms with E-state index in [0.717, 1.165) is 12.3 Å². The second-order valence-electron chi connectivity index (χ2n) is 7.59. The molecule has 2 aromatic rings. The predicted molar refractivity (Wildman–Crippen MR) is 90.0 cm³/mol. The summed E-state index contributed by atoms with van der Waals surface area (Å²) < 4.78 is 10.00. The molecule has 2 aliphatic rings. The van der Waals surface area contributed by atoms with E-state index in [0.29, 0.717) is 30.9 Å². The van der Waals surface area contributed by atoms with Crippen LogP contribution in [0.15, 0.2) is 15.9 Å². The number of fused-ring (bicyclic) bond motifs is 1. The molecule has 1 aliphatic carbocycles. The summed E-state index contributed by atoms with van der Waals surface area (Å²) in [5.74, 6) is 0.821. The summed E-state index contributed by atoms with van der Waals surface area (Å²) in [5.41, 5.74) is 0.311. The van der Waals surface area contributed by atoms with E-state index in [1.165, 1.54) is 34.8 Å². The molecule has 2 fully saturated rings. The zero-order valence-electron chi connectivity index (χ0n) is 14.3. The molecular formula is C17H24N4O3. The Morgan fingerprint density at radius 3 is 2.62 bits per heavy atom. The second-order valence-corrected chi connectivity index (χ2v) is 7.59. The molecule has 24 heavy (non-hydrogen) atoms. The summed E-state index contributed by atoms with van der Waals surface area (Å²) in [5, 5.41) is 0. The first-order valence-electron chi connectivity index (χ1n) is 8.69. The van der Waals surface area contributed by atoms with Crippen molar-refractivity contribution in [2.24, 2.45) is 25.4 Å². The molecule has 0 bridgehead atoms. The molecule has 7 nitrogen and oxygen atoms in total. The van der Waals surface area contributed by atoms with Crippen LogP contribution < -0.4 is 11.2 Å². The van der Waals surface area contributed by atoms with Crippen molar-refractivity contribution >= 4 is 11.2 Å². The van der Waals surface area contributed by atoms with E-state index < -0.39 is 0 Å². The zero-order chi connectivity index (χ0) is 16.9. The average Bonchev–Trinajstić information content (AvgIpc) is 2.86. The Labute approximate surface area is 139 Å². The third-order valence-corrected chi connectivity index (χ3v) is 5.82. The molecule has 0 N–H and O–H groups in total. The molecule has 0 amide bonds. The Kier molecular flexibility index (Phi) is 3.63. The lowest BCUT2D eigenvalue weighted by molar-refractivity contribution is -0.130. The van der Waals surface area contributed by atoms with E-state index >= 15 is 0 Å². The Morgan fingerprint density at radius 2 is 2.04 bits per heavy atom. The highest BCUT2D eigenvalue weighted by atomic mass is 16.5. The highest BCUT2D eigenvalue weighted by molar-refractivity contribution is 5.69. The van der Waals surface area contributed by atoms with Crippen LogP contribution in [-0.4, -0.2) is 31.9 Å². The van der Waals surface area contributed by atoms with Crippen LogP contribution in [0, 0.1) is 11.3 Å². The first kappa shape index (κ1) is 15.6. The van der Waals surface area contributed by atoms with Crippen molar-refractivity contribution in [1.29, 1.82) is 0 Å². The van der Waals surface area contributed by atoms with Gasteiger partial charge < -0.3 is 9.30 Å². The van der Waals surface area contributed by atoms with E-state index in [1.807, 2.05) is 0 Å². The van der Waals surface area contributed by atoms with Gasteiger partial charge in [-0.15, -0.1) is 0 Å². The summed E-state index contributed by atoms with van der Waals surface area (Å²) in [6.07, 6.45) is 7.75. The Bertz CT molecular complexity index is 884. The molecule has 7 heteroatoms. The lowest BCUT2D eigenvalue weighted by atomic mass is 9.74. The van der Waals surface area contributed by atoms with Crippen molar-refractivity contribution in [3.05, 3.63) is 27.2 Å². The van der Waals surface area contributed by atoms with E-state index in [9.17, 15) is 9.59 Å². The highest BCUT2D eigenvalue weighted by Crippen LogP contribution is 2.39. The minimum atomic E-state index is -0.291. The van der Waals surface area contributed by atoms with Crippen LogP contribution in [0.25, 0.3) is 11.2 Å². The summed E-state index contributed by atoms with van der Waals surface area (Å²) in [6.45, 7) is 1.71. The van der Waals surface area contributed by atoms with Gasteiger partial charge in [-0.2, -0.15) is 0 Å². The quantitative estimate of drug-likeness (QED) is 0.820. The van der Waals surface area contributed by atoms with E-state index in [4.69, 9.17) is 4.74 Å². The molecule has 0 atom stereocenters. The van der Waals surface area contributed by atoms with Gasteiger partial charge in [0.1, 0.15) is 0 Å². The van der Waals surface area contributed by atoms with Crippen molar-refractivity contribution in [2.45, 2.75) is 38.6 Å². The molecule has 0 aromatic carbocycles. The molecule has 1 aliphatic heterocycles. The number of ether oxygens (including phenoxy) is 1. The van der Waals surface area contributed by atoms with Gasteiger partial charge in [-0.1, -0.05) is 19.3 Å². The van der Waals surface area contributed by atoms with Gasteiger partial charge in [0.05, 0.1) is 19.5 Å². The van der Waals surface area contributed by atoms with Crippen molar-refractivity contribution in [3.8, 4) is 0 Å². The van der Waals surface area contributed by atoms with Gasteiger partial charge >= 0.3 is 5.69 Å². The smallest absolute Gasteiger partial charge is 0.332 e. The number of hydrogen-bond acceptors (Lipinski definition) is 4. The van der Waals surface area contributed by atoms with Crippen molar-refractivity contribution < 1.29 is 4.74 Å². The maximum Gasteiger partial charge on any atom is 0.332 e. The Morgan fingerprint density at radius 1 is 1.29 bits per heavy atom. The van der Waals surface area contributed by atoms with Crippen LogP contribution in [0.5, 0.6) is 0 Å². The first-order chi connectivity index (χ1) is 11.5. The summed E-state index contributed by atoms with van der Waals surface area (Å²) >= 11 is 0. The van der Waals surface area contributed by atoms with Crippen LogP contribution >= 0.6 is 0 Å². The van der Waals surface area contributed by atoms with Gasteiger partial charge in [0.25, 0.3) is 5.56 Å². The van der Waals surface area contributed by atoms with Gasteiger partial charge in [0.15, 0.2) is 11.2 Å². The monoisotopic (exact) mass is 332 g/mol. The fourth-order valence-corrected chi connectivity index (χ4v) is 3.87. The number of aryl methyl sites for hydroxylation is 2. The summed E-state index contributed by atoms with van der Waals surface area (Å²) in [4.78, 5) is 29.7. The van der Waals surface area contributed by atoms with Crippen LogP contribution in [-0.2, 0) is 25.4 Å². The van der Waals surface area contributed by atoms with E-state index in [1.54, 1.807) is 25.0 Å². The lowest BCUT2D eigenvalue weighted by Crippen LogP contribution is -2.51. The summed E-state index contributed by atoms with van der Waals surface area (Å²) in [6, 6.07) is 0. The van der Waals surface area contributed by atoms with Crippen LogP contribution in [0.3, 0.4) is 0 Å². The molecule has 1 saturated carbocycles. The van der Waals surface area contributed by atoms with Crippen molar-refractivity contribution in [3.63, 3.8) is 0 Å². The fraction of sp³-hybridized carbons (Fsp3) is 0.706. The first-order valence-corrected chi connectivity index (χ1v) is 8.69. The standard InChI is InChI=1S/C17H24N4O3/c1-19-11-18-14-13(19)15(22)21(16(23)20(14)2)8-17(9-24-10-17)7-6-12-4-3-5-12/h11-12H,3-10H2,1-2H3. The third kappa shape index (κ3) is 2.33. The molecule has 0 spiro atoms. The normalized spacial score (nSPS) is 20.1. The SMILES string of the molecule is Cn1cnc2c1c(=O)n(CC1(CCC3CCC3)COC1)c(=O)n2C.